The molecule has 0 aromatic heterocycles. The molecule has 3 aliphatic rings. The van der Waals surface area contributed by atoms with Gasteiger partial charge in [-0.25, -0.2) is 4.79 Å². The van der Waals surface area contributed by atoms with Crippen LogP contribution in [0.15, 0.2) is 40.5 Å². The predicted octanol–water partition coefficient (Wildman–Crippen LogP) is 1.66. The summed E-state index contributed by atoms with van der Waals surface area (Å²) in [6, 6.07) is 6.62. The maximum atomic E-state index is 13.2. The summed E-state index contributed by atoms with van der Waals surface area (Å²) in [5, 5.41) is 12.2. The van der Waals surface area contributed by atoms with E-state index in [1.165, 1.54) is 16.7 Å². The fourth-order valence-electron chi connectivity index (χ4n) is 3.85. The van der Waals surface area contributed by atoms with E-state index < -0.39 is 22.5 Å². The van der Waals surface area contributed by atoms with Crippen LogP contribution in [0.25, 0.3) is 0 Å². The van der Waals surface area contributed by atoms with Gasteiger partial charge in [0.25, 0.3) is 5.91 Å². The molecule has 4 rings (SSSR count). The van der Waals surface area contributed by atoms with E-state index in [4.69, 9.17) is 10.5 Å². The maximum Gasteiger partial charge on any atom is 0.355 e. The predicted molar refractivity (Wildman–Crippen MR) is 115 cm³/mol. The molecule has 0 radical (unpaired) electrons. The summed E-state index contributed by atoms with van der Waals surface area (Å²) in [5.74, 6) is 0.324. The van der Waals surface area contributed by atoms with Crippen LogP contribution in [0.1, 0.15) is 39.3 Å². The van der Waals surface area contributed by atoms with E-state index in [2.05, 4.69) is 10.3 Å². The van der Waals surface area contributed by atoms with E-state index in [1.54, 1.807) is 45.0 Å². The Balaban J connectivity index is 1.59. The average Bonchev–Trinajstić information content (AvgIpc) is 3.16. The Labute approximate surface area is 179 Å². The smallest absolute Gasteiger partial charge is 0.355 e. The molecule has 1 amide bonds. The molecule has 4 N–H and O–H groups in total. The molecule has 3 aliphatic heterocycles. The van der Waals surface area contributed by atoms with Gasteiger partial charge in [0.1, 0.15) is 28.3 Å². The number of aliphatic imine (C=N–C) groups is 1. The summed E-state index contributed by atoms with van der Waals surface area (Å²) in [6.45, 7) is 7.72. The molecule has 0 saturated carbocycles. The van der Waals surface area contributed by atoms with Crippen molar-refractivity contribution in [1.29, 1.82) is 0 Å². The van der Waals surface area contributed by atoms with Crippen molar-refractivity contribution in [2.75, 3.05) is 12.3 Å². The van der Waals surface area contributed by atoms with Gasteiger partial charge in [-0.2, -0.15) is 0 Å². The zero-order chi connectivity index (χ0) is 21.8. The van der Waals surface area contributed by atoms with E-state index in [-0.39, 0.29) is 23.4 Å². The molecule has 1 aromatic rings. The highest BCUT2D eigenvalue weighted by molar-refractivity contribution is 8.00. The minimum Gasteiger partial charge on any atom is -0.508 e. The topological polar surface area (TPSA) is 117 Å². The lowest BCUT2D eigenvalue weighted by molar-refractivity contribution is -0.159. The van der Waals surface area contributed by atoms with Gasteiger partial charge in [0.05, 0.1) is 6.04 Å². The van der Waals surface area contributed by atoms with Gasteiger partial charge in [0, 0.05) is 12.3 Å². The molecule has 8 nitrogen and oxygen atoms in total. The SMILES string of the molecule is CC1=C(C(=O)OC(C)(C)C)N2C(=O)C(N)(C3=NC(c4ccc(O)cc4)CN3)[C@@H]2SC1. The van der Waals surface area contributed by atoms with Crippen molar-refractivity contribution in [1.82, 2.24) is 10.2 Å². The third-order valence-electron chi connectivity index (χ3n) is 5.31. The van der Waals surface area contributed by atoms with Gasteiger partial charge in [-0.3, -0.25) is 14.7 Å². The van der Waals surface area contributed by atoms with Gasteiger partial charge >= 0.3 is 5.97 Å². The highest BCUT2D eigenvalue weighted by atomic mass is 32.2. The molecule has 3 atom stereocenters. The molecule has 0 aliphatic carbocycles. The number of ether oxygens (including phenoxy) is 1. The number of thioether (sulfide) groups is 1. The molecule has 160 valence electrons. The molecule has 0 bridgehead atoms. The molecule has 2 unspecified atom stereocenters. The molecular weight excluding hydrogens is 404 g/mol. The zero-order valence-corrected chi connectivity index (χ0v) is 18.2. The Kier molecular flexibility index (Phi) is 4.85. The van der Waals surface area contributed by atoms with Gasteiger partial charge in [-0.15, -0.1) is 11.8 Å². The standard InChI is InChI=1S/C21H26N4O4S/c1-11-10-30-19-21(22,18(28)25(19)15(11)16(27)29-20(2,3)4)17-23-9-14(24-17)12-5-7-13(26)8-6-12/h5-8,14,19,26H,9-10,22H2,1-4H3,(H,23,24)/t14?,19-,21?/m0/s1. The molecule has 0 spiro atoms. The Morgan fingerprint density at radius 2 is 2.03 bits per heavy atom. The number of hydrogen-bond acceptors (Lipinski definition) is 8. The fraction of sp³-hybridized carbons (Fsp3) is 0.476. The fourth-order valence-corrected chi connectivity index (χ4v) is 5.22. The molecule has 9 heteroatoms. The maximum absolute atomic E-state index is 13.2. The lowest BCUT2D eigenvalue weighted by Gasteiger charge is -2.55. The van der Waals surface area contributed by atoms with Gasteiger partial charge in [0.2, 0.25) is 0 Å². The zero-order valence-electron chi connectivity index (χ0n) is 17.4. The number of benzene rings is 1. The normalized spacial score (nSPS) is 28.5. The monoisotopic (exact) mass is 430 g/mol. The summed E-state index contributed by atoms with van der Waals surface area (Å²) in [5.41, 5.74) is 6.61. The summed E-state index contributed by atoms with van der Waals surface area (Å²) in [7, 11) is 0. The lowest BCUT2D eigenvalue weighted by atomic mass is 9.86. The first kappa shape index (κ1) is 20.7. The van der Waals surface area contributed by atoms with Crippen molar-refractivity contribution in [2.45, 2.75) is 50.3 Å². The van der Waals surface area contributed by atoms with E-state index in [0.29, 0.717) is 18.1 Å². The van der Waals surface area contributed by atoms with Gasteiger partial charge in [-0.1, -0.05) is 12.1 Å². The highest BCUT2D eigenvalue weighted by Gasteiger charge is 2.66. The van der Waals surface area contributed by atoms with E-state index in [1.807, 2.05) is 6.92 Å². The second-order valence-electron chi connectivity index (χ2n) is 8.80. The second-order valence-corrected chi connectivity index (χ2v) is 9.87. The molecule has 1 aromatic carbocycles. The Morgan fingerprint density at radius 3 is 2.67 bits per heavy atom. The lowest BCUT2D eigenvalue weighted by Crippen LogP contribution is -2.82. The largest absolute Gasteiger partial charge is 0.508 e. The average molecular weight is 431 g/mol. The van der Waals surface area contributed by atoms with Crippen molar-refractivity contribution in [2.24, 2.45) is 10.7 Å². The van der Waals surface area contributed by atoms with Gasteiger partial charge in [0.15, 0.2) is 5.54 Å². The molecular formula is C21H26N4O4S. The van der Waals surface area contributed by atoms with Crippen LogP contribution < -0.4 is 11.1 Å². The number of phenolic OH excluding ortho intramolecular Hbond substituents is 1. The number of nitrogens with two attached hydrogens (primary N) is 1. The van der Waals surface area contributed by atoms with Crippen LogP contribution in [0.5, 0.6) is 5.75 Å². The first-order valence-corrected chi connectivity index (χ1v) is 10.9. The van der Waals surface area contributed by atoms with Crippen molar-refractivity contribution >= 4 is 29.5 Å². The number of amidine groups is 1. The summed E-state index contributed by atoms with van der Waals surface area (Å²) in [6.07, 6.45) is 0. The minimum atomic E-state index is -1.32. The number of phenols is 1. The van der Waals surface area contributed by atoms with Crippen molar-refractivity contribution in [3.8, 4) is 5.75 Å². The van der Waals surface area contributed by atoms with Crippen molar-refractivity contribution in [3.63, 3.8) is 0 Å². The number of rotatable bonds is 3. The number of carbonyl (C=O) groups is 2. The van der Waals surface area contributed by atoms with Crippen LogP contribution in [0.2, 0.25) is 0 Å². The van der Waals surface area contributed by atoms with E-state index in [9.17, 15) is 14.7 Å². The van der Waals surface area contributed by atoms with Gasteiger partial charge < -0.3 is 20.9 Å². The number of nitrogens with zero attached hydrogens (tertiary/aromatic N) is 2. The van der Waals surface area contributed by atoms with Crippen molar-refractivity contribution in [3.05, 3.63) is 41.1 Å². The first-order chi connectivity index (χ1) is 14.0. The highest BCUT2D eigenvalue weighted by Crippen LogP contribution is 2.46. The van der Waals surface area contributed by atoms with Crippen molar-refractivity contribution < 1.29 is 19.4 Å². The number of amides is 1. The summed E-state index contributed by atoms with van der Waals surface area (Å²) >= 11 is 1.52. The number of hydrogen-bond donors (Lipinski definition) is 3. The number of β-lactam (4-membered cyclic amide) rings is 1. The van der Waals surface area contributed by atoms with E-state index >= 15 is 0 Å². The molecule has 1 saturated heterocycles. The summed E-state index contributed by atoms with van der Waals surface area (Å²) < 4.78 is 5.52. The van der Waals surface area contributed by atoms with Crippen LogP contribution in [-0.4, -0.2) is 56.5 Å². The third-order valence-corrected chi connectivity index (χ3v) is 6.81. The Bertz CT molecular complexity index is 966. The van der Waals surface area contributed by atoms with E-state index in [0.717, 1.165) is 11.1 Å². The Hall–Kier alpha value is -2.52. The number of carbonyl (C=O) groups excluding carboxylic acids is 2. The van der Waals surface area contributed by atoms with Crippen LogP contribution in [-0.2, 0) is 14.3 Å². The Morgan fingerprint density at radius 1 is 1.37 bits per heavy atom. The second kappa shape index (κ2) is 7.02. The van der Waals surface area contributed by atoms with Crippen LogP contribution in [0, 0.1) is 0 Å². The van der Waals surface area contributed by atoms with Crippen LogP contribution >= 0.6 is 11.8 Å². The molecule has 1 fully saturated rings. The summed E-state index contributed by atoms with van der Waals surface area (Å²) in [4.78, 5) is 32.1. The minimum absolute atomic E-state index is 0.185. The molecule has 30 heavy (non-hydrogen) atoms. The number of nitrogens with one attached hydrogen (secondary N) is 1. The number of aromatic hydroxyl groups is 1. The van der Waals surface area contributed by atoms with Crippen LogP contribution in [0.3, 0.4) is 0 Å². The van der Waals surface area contributed by atoms with Crippen LogP contribution in [0.4, 0.5) is 0 Å². The first-order valence-electron chi connectivity index (χ1n) is 9.80. The number of fused-ring (bicyclic) bond motifs is 1. The quantitative estimate of drug-likeness (QED) is 0.493. The van der Waals surface area contributed by atoms with Gasteiger partial charge in [-0.05, 0) is 51.0 Å². The third kappa shape index (κ3) is 3.26. The molecule has 3 heterocycles. The number of esters is 1.